The fraction of sp³-hybridized carbons (Fsp3) is 0.309. The Bertz CT molecular complexity index is 2720. The van der Waals surface area contributed by atoms with Crippen LogP contribution in [0.2, 0.25) is 20.1 Å². The Kier molecular flexibility index (Phi) is 17.1. The number of halogens is 4. The Balaban J connectivity index is 1.11. The van der Waals surface area contributed by atoms with Crippen molar-refractivity contribution in [1.29, 1.82) is 0 Å². The molecule has 0 bridgehead atoms. The lowest BCUT2D eigenvalue weighted by Crippen LogP contribution is -2.69. The minimum Gasteiger partial charge on any atom is -0.497 e. The Morgan fingerprint density at radius 1 is 0.528 bits per heavy atom. The molecule has 6 aromatic rings. The number of ether oxygens (including phenoxy) is 9. The van der Waals surface area contributed by atoms with Crippen molar-refractivity contribution >= 4 is 58.2 Å². The van der Waals surface area contributed by atoms with Gasteiger partial charge in [-0.05, 0) is 53.4 Å². The van der Waals surface area contributed by atoms with Crippen LogP contribution >= 0.6 is 46.4 Å². The molecule has 3 aliphatic rings. The first-order chi connectivity index (χ1) is 35.0. The SMILES string of the molecule is COc1ccc(O[C@@H]2O[C@H](COCc3ccccc3)[C@@H](O[C@@H]3O[C@@H](C)[C@@H](OCc4ccccc4)[C@@H](OCc4ccccc4)[C@@H]3OCc3ccccc3)[C@H](O)[C@H]2N2C(=O)c3c(Cl)c(Cl)c(Cl)c(Cl)c3C2=O)cc1. The number of aliphatic hydroxyl groups excluding tert-OH is 1. The quantitative estimate of drug-likeness (QED) is 0.0469. The number of imide groups is 1. The summed E-state index contributed by atoms with van der Waals surface area (Å²) in [6.07, 6.45) is -10.5. The van der Waals surface area contributed by atoms with Crippen molar-refractivity contribution in [3.63, 3.8) is 0 Å². The number of nitrogens with zero attached hydrogens (tertiary/aromatic N) is 1. The second-order valence-electron chi connectivity index (χ2n) is 17.4. The fourth-order valence-electron chi connectivity index (χ4n) is 9.01. The van der Waals surface area contributed by atoms with Crippen LogP contribution in [0.5, 0.6) is 11.5 Å². The number of aliphatic hydroxyl groups is 1. The van der Waals surface area contributed by atoms with Crippen LogP contribution in [-0.4, -0.2) is 96.9 Å². The van der Waals surface area contributed by atoms with E-state index in [1.165, 1.54) is 7.11 Å². The number of amides is 2. The third-order valence-corrected chi connectivity index (χ3v) is 14.5. The second kappa shape index (κ2) is 23.8. The van der Waals surface area contributed by atoms with Gasteiger partial charge < -0.3 is 47.7 Å². The third-order valence-electron chi connectivity index (χ3n) is 12.7. The number of hydrogen-bond acceptors (Lipinski definition) is 12. The molecular weight excluding hydrogens is 1010 g/mol. The molecule has 2 amide bonds. The van der Waals surface area contributed by atoms with Gasteiger partial charge in [0.1, 0.15) is 54.2 Å². The highest BCUT2D eigenvalue weighted by Crippen LogP contribution is 2.47. The average molecular weight is 1060 g/mol. The maximum absolute atomic E-state index is 14.7. The summed E-state index contributed by atoms with van der Waals surface area (Å²) in [6, 6.07) is 43.4. The number of rotatable bonds is 19. The smallest absolute Gasteiger partial charge is 0.263 e. The van der Waals surface area contributed by atoms with Gasteiger partial charge in [-0.3, -0.25) is 14.5 Å². The first-order valence-corrected chi connectivity index (χ1v) is 24.8. The highest BCUT2D eigenvalue weighted by Gasteiger charge is 2.58. The molecule has 13 nitrogen and oxygen atoms in total. The van der Waals surface area contributed by atoms with Gasteiger partial charge >= 0.3 is 0 Å². The maximum atomic E-state index is 14.7. The van der Waals surface area contributed by atoms with Crippen LogP contribution in [0.25, 0.3) is 0 Å². The zero-order chi connectivity index (χ0) is 50.3. The highest BCUT2D eigenvalue weighted by molar-refractivity contribution is 6.55. The summed E-state index contributed by atoms with van der Waals surface area (Å²) in [6.45, 7) is 2.34. The molecule has 0 aliphatic carbocycles. The van der Waals surface area contributed by atoms with E-state index in [4.69, 9.17) is 89.0 Å². The van der Waals surface area contributed by atoms with Crippen LogP contribution in [0, 0.1) is 0 Å². The van der Waals surface area contributed by atoms with Crippen molar-refractivity contribution in [1.82, 2.24) is 4.90 Å². The van der Waals surface area contributed by atoms with Crippen LogP contribution in [0.15, 0.2) is 146 Å². The van der Waals surface area contributed by atoms with Crippen molar-refractivity contribution in [2.45, 2.75) is 94.7 Å². The molecule has 9 rings (SSSR count). The molecule has 2 saturated heterocycles. The Morgan fingerprint density at radius 3 is 1.46 bits per heavy atom. The zero-order valence-electron chi connectivity index (χ0n) is 39.1. The van der Waals surface area contributed by atoms with Gasteiger partial charge in [-0.2, -0.15) is 0 Å². The lowest BCUT2D eigenvalue weighted by Gasteiger charge is -2.50. The van der Waals surface area contributed by atoms with Crippen molar-refractivity contribution in [2.24, 2.45) is 0 Å². The van der Waals surface area contributed by atoms with Crippen LogP contribution in [0.1, 0.15) is 49.9 Å². The highest BCUT2D eigenvalue weighted by atomic mass is 35.5. The van der Waals surface area contributed by atoms with Crippen molar-refractivity contribution in [2.75, 3.05) is 13.7 Å². The molecule has 1 N–H and O–H groups in total. The number of carbonyl (C=O) groups is 2. The fourth-order valence-corrected chi connectivity index (χ4v) is 10.0. The summed E-state index contributed by atoms with van der Waals surface area (Å²) in [5.74, 6) is -1.09. The molecule has 0 radical (unpaired) electrons. The van der Waals surface area contributed by atoms with E-state index in [0.29, 0.717) is 5.75 Å². The van der Waals surface area contributed by atoms with Crippen LogP contribution < -0.4 is 9.47 Å². The summed E-state index contributed by atoms with van der Waals surface area (Å²) in [7, 11) is 1.52. The molecule has 10 atom stereocenters. The van der Waals surface area contributed by atoms with Gasteiger partial charge in [0, 0.05) is 0 Å². The molecule has 6 aromatic carbocycles. The molecule has 0 unspecified atom stereocenters. The molecule has 3 heterocycles. The van der Waals surface area contributed by atoms with Gasteiger partial charge in [-0.1, -0.05) is 168 Å². The molecule has 17 heteroatoms. The van der Waals surface area contributed by atoms with Gasteiger partial charge in [-0.25, -0.2) is 0 Å². The molecule has 3 aliphatic heterocycles. The second-order valence-corrected chi connectivity index (χ2v) is 18.9. The summed E-state index contributed by atoms with van der Waals surface area (Å²) in [4.78, 5) is 30.2. The number of methoxy groups -OCH3 is 1. The van der Waals surface area contributed by atoms with Gasteiger partial charge in [0.25, 0.3) is 11.8 Å². The van der Waals surface area contributed by atoms with Crippen molar-refractivity contribution in [3.8, 4) is 11.5 Å². The Morgan fingerprint density at radius 2 is 0.972 bits per heavy atom. The van der Waals surface area contributed by atoms with Gasteiger partial charge in [-0.15, -0.1) is 0 Å². The molecule has 376 valence electrons. The van der Waals surface area contributed by atoms with E-state index in [0.717, 1.165) is 27.2 Å². The van der Waals surface area contributed by atoms with Crippen molar-refractivity contribution in [3.05, 3.63) is 199 Å². The number of fused-ring (bicyclic) bond motifs is 1. The predicted molar refractivity (Wildman–Crippen MR) is 269 cm³/mol. The maximum Gasteiger partial charge on any atom is 0.263 e. The normalized spacial score (nSPS) is 25.1. The van der Waals surface area contributed by atoms with E-state index in [1.807, 2.05) is 128 Å². The van der Waals surface area contributed by atoms with E-state index in [2.05, 4.69) is 0 Å². The largest absolute Gasteiger partial charge is 0.497 e. The summed E-state index contributed by atoms with van der Waals surface area (Å²) in [5, 5.41) is 12.0. The van der Waals surface area contributed by atoms with E-state index in [-0.39, 0.29) is 70.0 Å². The standard InChI is InChI=1S/C55H51Cl4NO12/c1-32-48(66-28-34-17-9-4-10-18-34)50(67-29-35-19-11-5-12-20-35)51(68-30-36-21-13-6-14-22-36)55(69-32)72-49-39(31-65-27-33-15-7-3-8-16-33)71-54(70-38-25-23-37(64-2)24-26-38)46(47(49)61)60-52(62)40-41(53(60)63)43(57)45(59)44(58)42(40)56/h3-26,32,39,46-51,54-55,61H,27-31H2,1-2H3/t32-,39+,46+,47+,48+,49+,50+,51-,54+,55-/m0/s1. The summed E-state index contributed by atoms with van der Waals surface area (Å²) >= 11 is 26.2. The molecule has 2 fully saturated rings. The lowest BCUT2D eigenvalue weighted by molar-refractivity contribution is -0.356. The topological polar surface area (TPSA) is 141 Å². The van der Waals surface area contributed by atoms with Gasteiger partial charge in [0.05, 0.1) is 77.5 Å². The molecule has 0 spiro atoms. The summed E-state index contributed by atoms with van der Waals surface area (Å²) in [5.41, 5.74) is 2.95. The van der Waals surface area contributed by atoms with Gasteiger partial charge in [0.15, 0.2) is 6.29 Å². The Hall–Kier alpha value is -5.10. The molecule has 72 heavy (non-hydrogen) atoms. The number of benzene rings is 6. The minimum absolute atomic E-state index is 0.106. The van der Waals surface area contributed by atoms with Crippen LogP contribution in [-0.2, 0) is 59.6 Å². The lowest BCUT2D eigenvalue weighted by atomic mass is 9.94. The summed E-state index contributed by atoms with van der Waals surface area (Å²) < 4.78 is 59.1. The minimum atomic E-state index is -1.79. The molecule has 0 saturated carbocycles. The van der Waals surface area contributed by atoms with Gasteiger partial charge in [0.2, 0.25) is 6.29 Å². The van der Waals surface area contributed by atoms with Crippen LogP contribution in [0.3, 0.4) is 0 Å². The van der Waals surface area contributed by atoms with Crippen LogP contribution in [0.4, 0.5) is 0 Å². The monoisotopic (exact) mass is 1060 g/mol. The number of carbonyl (C=O) groups excluding carboxylic acids is 2. The van der Waals surface area contributed by atoms with Crippen molar-refractivity contribution < 1.29 is 57.3 Å². The number of hydrogen-bond donors (Lipinski definition) is 1. The first kappa shape index (κ1) is 51.8. The van der Waals surface area contributed by atoms with E-state index in [1.54, 1.807) is 24.3 Å². The first-order valence-electron chi connectivity index (χ1n) is 23.3. The Labute approximate surface area is 437 Å². The van der Waals surface area contributed by atoms with E-state index < -0.39 is 73.2 Å². The third kappa shape index (κ3) is 11.5. The average Bonchev–Trinajstić information content (AvgIpc) is 3.66. The zero-order valence-corrected chi connectivity index (χ0v) is 42.1. The van der Waals surface area contributed by atoms with E-state index in [9.17, 15) is 14.7 Å². The molecule has 0 aromatic heterocycles. The van der Waals surface area contributed by atoms with E-state index >= 15 is 0 Å². The predicted octanol–water partition coefficient (Wildman–Crippen LogP) is 10.5. The molecular formula is C55H51Cl4NO12.